The van der Waals surface area contributed by atoms with Gasteiger partial charge in [0.15, 0.2) is 5.82 Å². The van der Waals surface area contributed by atoms with Gasteiger partial charge in [0.05, 0.1) is 5.69 Å². The average Bonchev–Trinajstić information content (AvgIpc) is 2.46. The van der Waals surface area contributed by atoms with E-state index in [1.165, 1.54) is 0 Å². The summed E-state index contributed by atoms with van der Waals surface area (Å²) in [6.07, 6.45) is 1.29. The van der Waals surface area contributed by atoms with Crippen LogP contribution in [0.4, 0.5) is 5.82 Å². The Morgan fingerprint density at radius 2 is 1.90 bits per heavy atom. The third-order valence-electron chi connectivity index (χ3n) is 3.52. The second-order valence-corrected chi connectivity index (χ2v) is 6.37. The molecule has 1 aromatic heterocycles. The van der Waals surface area contributed by atoms with E-state index in [1.807, 2.05) is 18.7 Å². The van der Waals surface area contributed by atoms with Gasteiger partial charge in [-0.15, -0.1) is 5.10 Å². The quantitative estimate of drug-likeness (QED) is 0.888. The molecule has 1 fully saturated rings. The Morgan fingerprint density at radius 3 is 2.40 bits per heavy atom. The van der Waals surface area contributed by atoms with Gasteiger partial charge in [0.25, 0.3) is 0 Å². The maximum atomic E-state index is 11.6. The Morgan fingerprint density at radius 1 is 1.25 bits per heavy atom. The van der Waals surface area contributed by atoms with E-state index in [2.05, 4.69) is 10.2 Å². The summed E-state index contributed by atoms with van der Waals surface area (Å²) in [7, 11) is -0.802. The highest BCUT2D eigenvalue weighted by Crippen LogP contribution is 2.25. The van der Waals surface area contributed by atoms with Crippen LogP contribution in [0, 0.1) is 0 Å². The van der Waals surface area contributed by atoms with Crippen molar-refractivity contribution in [1.29, 1.82) is 0 Å². The summed E-state index contributed by atoms with van der Waals surface area (Å²) in [6, 6.07) is 0. The van der Waals surface area contributed by atoms with E-state index >= 15 is 0 Å². The molecule has 0 spiro atoms. The molecule has 110 valence electrons. The summed E-state index contributed by atoms with van der Waals surface area (Å²) in [4.78, 5) is 13.5. The smallest absolute Gasteiger partial charge is 0.339 e. The summed E-state index contributed by atoms with van der Waals surface area (Å²) in [6.45, 7) is 5.00. The number of hydrogen-bond acceptors (Lipinski definition) is 5. The Balaban J connectivity index is 2.47. The molecule has 0 aliphatic carbocycles. The van der Waals surface area contributed by atoms with Crippen molar-refractivity contribution in [2.24, 2.45) is 0 Å². The van der Waals surface area contributed by atoms with E-state index < -0.39 is 16.8 Å². The van der Waals surface area contributed by atoms with Crippen molar-refractivity contribution in [2.75, 3.05) is 29.5 Å². The highest BCUT2D eigenvalue weighted by molar-refractivity contribution is 7.85. The average molecular weight is 297 g/mol. The highest BCUT2D eigenvalue weighted by Gasteiger charge is 2.26. The van der Waals surface area contributed by atoms with Crippen LogP contribution in [0.3, 0.4) is 0 Å². The number of carboxylic acids is 1. The predicted octanol–water partition coefficient (Wildman–Crippen LogP) is 0.868. The van der Waals surface area contributed by atoms with Crippen LogP contribution in [0.2, 0.25) is 0 Å². The van der Waals surface area contributed by atoms with Crippen LogP contribution in [0.25, 0.3) is 0 Å². The maximum absolute atomic E-state index is 11.6. The molecule has 1 saturated heterocycles. The largest absolute Gasteiger partial charge is 0.478 e. The molecule has 0 unspecified atom stereocenters. The summed E-state index contributed by atoms with van der Waals surface area (Å²) in [5, 5.41) is 17.8. The Bertz CT molecular complexity index is 538. The van der Waals surface area contributed by atoms with Gasteiger partial charge in [-0.2, -0.15) is 5.10 Å². The summed E-state index contributed by atoms with van der Waals surface area (Å²) in [5.74, 6) is 0.562. The standard InChI is InChI=1S/C13H19N3O3S/c1-3-9-10(4-2)14-15-12(11(9)13(17)18)16-5-7-20(19)8-6-16/h3-8H2,1-2H3,(H,17,18). The molecule has 0 radical (unpaired) electrons. The molecule has 7 heteroatoms. The van der Waals surface area contributed by atoms with Crippen LogP contribution in [0.1, 0.15) is 35.5 Å². The number of carboxylic acid groups (broad SMARTS) is 1. The van der Waals surface area contributed by atoms with Crippen LogP contribution in [-0.2, 0) is 23.6 Å². The van der Waals surface area contributed by atoms with Gasteiger partial charge >= 0.3 is 5.97 Å². The van der Waals surface area contributed by atoms with Gasteiger partial charge in [0, 0.05) is 35.4 Å². The first kappa shape index (κ1) is 14.9. The molecule has 2 rings (SSSR count). The molecule has 0 saturated carbocycles. The van der Waals surface area contributed by atoms with Crippen molar-refractivity contribution in [2.45, 2.75) is 26.7 Å². The summed E-state index contributed by atoms with van der Waals surface area (Å²) >= 11 is 0. The van der Waals surface area contributed by atoms with Gasteiger partial charge in [-0.3, -0.25) is 4.21 Å². The monoisotopic (exact) mass is 297 g/mol. The molecule has 1 aliphatic heterocycles. The zero-order valence-corrected chi connectivity index (χ0v) is 12.6. The lowest BCUT2D eigenvalue weighted by Crippen LogP contribution is -2.39. The minimum absolute atomic E-state index is 0.257. The number of rotatable bonds is 4. The lowest BCUT2D eigenvalue weighted by Gasteiger charge is -2.28. The first-order valence-electron chi connectivity index (χ1n) is 6.80. The van der Waals surface area contributed by atoms with Crippen molar-refractivity contribution >= 4 is 22.6 Å². The van der Waals surface area contributed by atoms with Crippen LogP contribution in [-0.4, -0.2) is 50.1 Å². The van der Waals surface area contributed by atoms with E-state index in [0.717, 1.165) is 11.3 Å². The highest BCUT2D eigenvalue weighted by atomic mass is 32.2. The van der Waals surface area contributed by atoms with E-state index in [-0.39, 0.29) is 5.56 Å². The molecule has 1 aliphatic rings. The fourth-order valence-corrected chi connectivity index (χ4v) is 3.51. The minimum Gasteiger partial charge on any atom is -0.478 e. The van der Waals surface area contributed by atoms with E-state index in [4.69, 9.17) is 0 Å². The molecule has 1 N–H and O–H groups in total. The number of anilines is 1. The minimum atomic E-state index is -0.965. The number of hydrogen-bond donors (Lipinski definition) is 1. The molecule has 1 aromatic rings. The summed E-state index contributed by atoms with van der Waals surface area (Å²) < 4.78 is 11.4. The number of carbonyl (C=O) groups is 1. The molecule has 0 aromatic carbocycles. The Hall–Kier alpha value is -1.50. The molecular weight excluding hydrogens is 278 g/mol. The van der Waals surface area contributed by atoms with Gasteiger partial charge in [-0.1, -0.05) is 13.8 Å². The van der Waals surface area contributed by atoms with Crippen molar-refractivity contribution in [3.8, 4) is 0 Å². The van der Waals surface area contributed by atoms with Crippen molar-refractivity contribution < 1.29 is 14.1 Å². The first-order valence-corrected chi connectivity index (χ1v) is 8.28. The van der Waals surface area contributed by atoms with Crippen LogP contribution in [0.5, 0.6) is 0 Å². The first-order chi connectivity index (χ1) is 9.58. The van der Waals surface area contributed by atoms with E-state index in [9.17, 15) is 14.1 Å². The zero-order valence-electron chi connectivity index (χ0n) is 11.8. The molecule has 6 nitrogen and oxygen atoms in total. The third kappa shape index (κ3) is 2.82. The Labute approximate surface area is 120 Å². The van der Waals surface area contributed by atoms with Crippen molar-refractivity contribution in [1.82, 2.24) is 10.2 Å². The van der Waals surface area contributed by atoms with Gasteiger partial charge in [-0.05, 0) is 18.4 Å². The topological polar surface area (TPSA) is 83.4 Å². The number of aromatic carboxylic acids is 1. The fourth-order valence-electron chi connectivity index (χ4n) is 2.46. The third-order valence-corrected chi connectivity index (χ3v) is 4.79. The lowest BCUT2D eigenvalue weighted by atomic mass is 10.0. The molecule has 0 amide bonds. The second-order valence-electron chi connectivity index (χ2n) is 4.67. The van der Waals surface area contributed by atoms with Gasteiger partial charge in [0.1, 0.15) is 5.56 Å². The van der Waals surface area contributed by atoms with Crippen molar-refractivity contribution in [3.05, 3.63) is 16.8 Å². The number of aryl methyl sites for hydroxylation is 1. The van der Waals surface area contributed by atoms with Gasteiger partial charge in [-0.25, -0.2) is 4.79 Å². The number of aromatic nitrogens is 2. The number of nitrogens with zero attached hydrogens (tertiary/aromatic N) is 3. The lowest BCUT2D eigenvalue weighted by molar-refractivity contribution is 0.0695. The summed E-state index contributed by atoms with van der Waals surface area (Å²) in [5.41, 5.74) is 1.76. The van der Waals surface area contributed by atoms with E-state index in [0.29, 0.717) is 43.3 Å². The molecular formula is C13H19N3O3S. The maximum Gasteiger partial charge on any atom is 0.339 e. The molecule has 0 atom stereocenters. The SMILES string of the molecule is CCc1nnc(N2CCS(=O)CC2)c(C(=O)O)c1CC. The van der Waals surface area contributed by atoms with E-state index in [1.54, 1.807) is 0 Å². The van der Waals surface area contributed by atoms with Crippen molar-refractivity contribution in [3.63, 3.8) is 0 Å². The van der Waals surface area contributed by atoms with Crippen LogP contribution in [0.15, 0.2) is 0 Å². The second kappa shape index (κ2) is 6.30. The van der Waals surface area contributed by atoms with Crippen LogP contribution >= 0.6 is 0 Å². The van der Waals surface area contributed by atoms with Gasteiger partial charge in [0.2, 0.25) is 0 Å². The Kier molecular flexibility index (Phi) is 4.69. The van der Waals surface area contributed by atoms with Crippen LogP contribution < -0.4 is 4.90 Å². The molecule has 20 heavy (non-hydrogen) atoms. The van der Waals surface area contributed by atoms with Gasteiger partial charge < -0.3 is 10.0 Å². The molecule has 0 bridgehead atoms. The molecule has 2 heterocycles. The fraction of sp³-hybridized carbons (Fsp3) is 0.615. The zero-order chi connectivity index (χ0) is 14.7. The predicted molar refractivity (Wildman–Crippen MR) is 77.8 cm³/mol. The normalized spacial score (nSPS) is 16.4.